The first-order valence-corrected chi connectivity index (χ1v) is 8.74. The molecule has 1 aliphatic heterocycles. The van der Waals surface area contributed by atoms with Crippen molar-refractivity contribution in [1.82, 2.24) is 10.2 Å². The summed E-state index contributed by atoms with van der Waals surface area (Å²) < 4.78 is 0. The van der Waals surface area contributed by atoms with Gasteiger partial charge in [-0.15, -0.1) is 0 Å². The molecule has 0 aromatic heterocycles. The molecule has 26 heavy (non-hydrogen) atoms. The minimum Gasteiger partial charge on any atom is -0.350 e. The molecule has 6 heteroatoms. The number of carbonyl (C=O) groups is 2. The molecule has 132 valence electrons. The van der Waals surface area contributed by atoms with Crippen LogP contribution in [0.2, 0.25) is 5.02 Å². The molecule has 2 aromatic rings. The van der Waals surface area contributed by atoms with Crippen LogP contribution in [0.1, 0.15) is 29.2 Å². The Morgan fingerprint density at radius 1 is 1.19 bits per heavy atom. The average Bonchev–Trinajstić information content (AvgIpc) is 2.66. The molecule has 1 atom stereocenters. The number of nitriles is 1. The first-order valence-electron chi connectivity index (χ1n) is 8.36. The number of benzene rings is 2. The third-order valence-corrected chi connectivity index (χ3v) is 4.71. The normalized spacial score (nSPS) is 15.7. The van der Waals surface area contributed by atoms with E-state index < -0.39 is 6.04 Å². The standard InChI is InChI=1S/C20H18ClN3O2/c21-16-7-5-14(6-8-16)13-23-20(26)19-17-4-2-1-3-15(17)10-12-24(19)18(25)9-11-22/h1-8,19H,9-10,12-13H2,(H,23,26). The maximum atomic E-state index is 12.9. The molecule has 0 bridgehead atoms. The van der Waals surface area contributed by atoms with Crippen molar-refractivity contribution < 1.29 is 9.59 Å². The number of nitrogens with zero attached hydrogens (tertiary/aromatic N) is 2. The Bertz CT molecular complexity index is 858. The maximum absolute atomic E-state index is 12.9. The van der Waals surface area contributed by atoms with Crippen molar-refractivity contribution in [3.05, 3.63) is 70.2 Å². The highest BCUT2D eigenvalue weighted by atomic mass is 35.5. The molecule has 0 radical (unpaired) electrons. The topological polar surface area (TPSA) is 73.2 Å². The lowest BCUT2D eigenvalue weighted by Gasteiger charge is -2.36. The van der Waals surface area contributed by atoms with E-state index in [9.17, 15) is 9.59 Å². The third kappa shape index (κ3) is 3.87. The predicted octanol–water partition coefficient (Wildman–Crippen LogP) is 3.00. The van der Waals surface area contributed by atoms with E-state index in [0.29, 0.717) is 24.5 Å². The quantitative estimate of drug-likeness (QED) is 0.902. The fraction of sp³-hybridized carbons (Fsp3) is 0.250. The molecule has 1 N–H and O–H groups in total. The van der Waals surface area contributed by atoms with E-state index in [1.165, 1.54) is 4.90 Å². The second-order valence-electron chi connectivity index (χ2n) is 6.12. The first-order chi connectivity index (χ1) is 12.6. The van der Waals surface area contributed by atoms with Gasteiger partial charge >= 0.3 is 0 Å². The van der Waals surface area contributed by atoms with Gasteiger partial charge in [0.05, 0.1) is 6.07 Å². The van der Waals surface area contributed by atoms with E-state index in [2.05, 4.69) is 5.32 Å². The van der Waals surface area contributed by atoms with E-state index in [1.807, 2.05) is 42.5 Å². The van der Waals surface area contributed by atoms with E-state index in [0.717, 1.165) is 16.7 Å². The summed E-state index contributed by atoms with van der Waals surface area (Å²) in [6.45, 7) is 0.769. The van der Waals surface area contributed by atoms with Gasteiger partial charge in [-0.2, -0.15) is 5.26 Å². The second-order valence-corrected chi connectivity index (χ2v) is 6.55. The lowest BCUT2D eigenvalue weighted by Crippen LogP contribution is -2.47. The highest BCUT2D eigenvalue weighted by Gasteiger charge is 2.35. The summed E-state index contributed by atoms with van der Waals surface area (Å²) in [6.07, 6.45) is 0.442. The largest absolute Gasteiger partial charge is 0.350 e. The lowest BCUT2D eigenvalue weighted by atomic mass is 9.91. The van der Waals surface area contributed by atoms with Crippen molar-refractivity contribution in [3.63, 3.8) is 0 Å². The van der Waals surface area contributed by atoms with Crippen LogP contribution < -0.4 is 5.32 Å². The van der Waals surface area contributed by atoms with Gasteiger partial charge in [0.15, 0.2) is 0 Å². The summed E-state index contributed by atoms with van der Waals surface area (Å²) in [7, 11) is 0. The maximum Gasteiger partial charge on any atom is 0.247 e. The molecule has 2 aromatic carbocycles. The van der Waals surface area contributed by atoms with E-state index in [4.69, 9.17) is 16.9 Å². The minimum absolute atomic E-state index is 0.233. The fourth-order valence-corrected chi connectivity index (χ4v) is 3.30. The van der Waals surface area contributed by atoms with E-state index >= 15 is 0 Å². The minimum atomic E-state index is -0.715. The Morgan fingerprint density at radius 2 is 1.92 bits per heavy atom. The SMILES string of the molecule is N#CCC(=O)N1CCc2ccccc2C1C(=O)NCc1ccc(Cl)cc1. The van der Waals surface area contributed by atoms with Gasteiger partial charge < -0.3 is 10.2 Å². The number of hydrogen-bond donors (Lipinski definition) is 1. The monoisotopic (exact) mass is 367 g/mol. The van der Waals surface area contributed by atoms with Gasteiger partial charge in [-0.05, 0) is 35.2 Å². The van der Waals surface area contributed by atoms with Gasteiger partial charge in [-0.25, -0.2) is 0 Å². The number of amides is 2. The number of hydrogen-bond acceptors (Lipinski definition) is 3. The van der Waals surface area contributed by atoms with Crippen LogP contribution in [-0.2, 0) is 22.6 Å². The number of halogens is 1. The summed E-state index contributed by atoms with van der Waals surface area (Å²) >= 11 is 5.88. The Morgan fingerprint density at radius 3 is 2.65 bits per heavy atom. The van der Waals surface area contributed by atoms with Gasteiger partial charge in [0.25, 0.3) is 0 Å². The van der Waals surface area contributed by atoms with Crippen LogP contribution >= 0.6 is 11.6 Å². The molecule has 1 aliphatic rings. The summed E-state index contributed by atoms with van der Waals surface area (Å²) in [5, 5.41) is 12.4. The Kier molecular flexibility index (Phi) is 5.55. The van der Waals surface area contributed by atoms with Gasteiger partial charge in [0.1, 0.15) is 12.5 Å². The zero-order valence-electron chi connectivity index (χ0n) is 14.1. The smallest absolute Gasteiger partial charge is 0.247 e. The van der Waals surface area contributed by atoms with Crippen molar-refractivity contribution in [2.45, 2.75) is 25.4 Å². The van der Waals surface area contributed by atoms with Crippen LogP contribution in [0.3, 0.4) is 0 Å². The van der Waals surface area contributed by atoms with E-state index in [-0.39, 0.29) is 18.2 Å². The average molecular weight is 368 g/mol. The second kappa shape index (κ2) is 8.03. The highest BCUT2D eigenvalue weighted by molar-refractivity contribution is 6.30. The van der Waals surface area contributed by atoms with Crippen LogP contribution in [0, 0.1) is 11.3 Å². The molecule has 0 saturated heterocycles. The van der Waals surface area contributed by atoms with Crippen molar-refractivity contribution in [2.24, 2.45) is 0 Å². The number of rotatable bonds is 4. The van der Waals surface area contributed by atoms with Gasteiger partial charge in [-0.3, -0.25) is 9.59 Å². The summed E-state index contributed by atoms with van der Waals surface area (Å²) in [5.41, 5.74) is 2.79. The summed E-state index contributed by atoms with van der Waals surface area (Å²) in [4.78, 5) is 26.8. The molecule has 2 amide bonds. The molecule has 0 aliphatic carbocycles. The summed E-state index contributed by atoms with van der Waals surface area (Å²) in [5.74, 6) is -0.577. The van der Waals surface area contributed by atoms with Crippen molar-refractivity contribution in [3.8, 4) is 6.07 Å². The number of nitrogens with one attached hydrogen (secondary N) is 1. The van der Waals surface area contributed by atoms with Crippen molar-refractivity contribution in [2.75, 3.05) is 6.54 Å². The summed E-state index contributed by atoms with van der Waals surface area (Å²) in [6, 6.07) is 16.0. The molecular weight excluding hydrogens is 350 g/mol. The van der Waals surface area contributed by atoms with Crippen LogP contribution in [0.25, 0.3) is 0 Å². The molecule has 0 saturated carbocycles. The molecule has 0 spiro atoms. The Labute approximate surface area is 157 Å². The van der Waals surface area contributed by atoms with Crippen LogP contribution in [-0.4, -0.2) is 23.3 Å². The molecular formula is C20H18ClN3O2. The molecule has 1 heterocycles. The van der Waals surface area contributed by atoms with Crippen molar-refractivity contribution in [1.29, 1.82) is 5.26 Å². The lowest BCUT2D eigenvalue weighted by molar-refractivity contribution is -0.140. The number of fused-ring (bicyclic) bond motifs is 1. The molecule has 0 fully saturated rings. The third-order valence-electron chi connectivity index (χ3n) is 4.46. The van der Waals surface area contributed by atoms with E-state index in [1.54, 1.807) is 12.1 Å². The van der Waals surface area contributed by atoms with Gasteiger partial charge in [0, 0.05) is 18.1 Å². The zero-order chi connectivity index (χ0) is 18.5. The van der Waals surface area contributed by atoms with Gasteiger partial charge in [-0.1, -0.05) is 48.0 Å². The molecule has 3 rings (SSSR count). The Balaban J connectivity index is 1.82. The van der Waals surface area contributed by atoms with Crippen molar-refractivity contribution >= 4 is 23.4 Å². The molecule has 5 nitrogen and oxygen atoms in total. The van der Waals surface area contributed by atoms with Crippen LogP contribution in [0.4, 0.5) is 0 Å². The van der Waals surface area contributed by atoms with Gasteiger partial charge in [0.2, 0.25) is 11.8 Å². The zero-order valence-corrected chi connectivity index (χ0v) is 14.9. The molecule has 1 unspecified atom stereocenters. The first kappa shape index (κ1) is 18.0. The van der Waals surface area contributed by atoms with Crippen LogP contribution in [0.5, 0.6) is 0 Å². The predicted molar refractivity (Wildman–Crippen MR) is 98.1 cm³/mol. The number of carbonyl (C=O) groups excluding carboxylic acids is 2. The highest BCUT2D eigenvalue weighted by Crippen LogP contribution is 2.30. The Hall–Kier alpha value is -2.84. The van der Waals surface area contributed by atoms with Crippen LogP contribution in [0.15, 0.2) is 48.5 Å². The fourth-order valence-electron chi connectivity index (χ4n) is 3.18.